The van der Waals surface area contributed by atoms with Crippen molar-refractivity contribution in [2.75, 3.05) is 6.54 Å². The monoisotopic (exact) mass is 258 g/mol. The van der Waals surface area contributed by atoms with Gasteiger partial charge in [0, 0.05) is 12.2 Å². The van der Waals surface area contributed by atoms with Crippen LogP contribution in [0.2, 0.25) is 0 Å². The fourth-order valence-electron chi connectivity index (χ4n) is 2.03. The Kier molecular flexibility index (Phi) is 4.32. The highest BCUT2D eigenvalue weighted by Gasteiger charge is 2.05. The van der Waals surface area contributed by atoms with Crippen molar-refractivity contribution in [1.29, 1.82) is 0 Å². The number of aromatic nitrogens is 3. The van der Waals surface area contributed by atoms with E-state index in [1.54, 1.807) is 0 Å². The minimum Gasteiger partial charge on any atom is -0.311 e. The molecule has 0 atom stereocenters. The summed E-state index contributed by atoms with van der Waals surface area (Å²) in [6.45, 7) is 10.2. The van der Waals surface area contributed by atoms with Crippen molar-refractivity contribution < 1.29 is 0 Å². The molecule has 0 amide bonds. The molecule has 4 heteroatoms. The Bertz CT molecular complexity index is 543. The quantitative estimate of drug-likeness (QED) is 0.896. The molecule has 4 nitrogen and oxygen atoms in total. The molecule has 102 valence electrons. The molecule has 0 fully saturated rings. The van der Waals surface area contributed by atoms with Crippen LogP contribution in [0.4, 0.5) is 0 Å². The number of nitrogens with zero attached hydrogens (tertiary/aromatic N) is 3. The molecular weight excluding hydrogens is 236 g/mol. The van der Waals surface area contributed by atoms with Gasteiger partial charge in [0.2, 0.25) is 0 Å². The number of nitrogens with one attached hydrogen (secondary N) is 1. The van der Waals surface area contributed by atoms with Gasteiger partial charge in [0.25, 0.3) is 0 Å². The largest absolute Gasteiger partial charge is 0.311 e. The van der Waals surface area contributed by atoms with Crippen molar-refractivity contribution in [3.05, 3.63) is 41.3 Å². The zero-order valence-corrected chi connectivity index (χ0v) is 12.1. The first-order chi connectivity index (χ1) is 9.06. The second kappa shape index (κ2) is 5.97. The van der Waals surface area contributed by atoms with Crippen LogP contribution in [0.15, 0.2) is 24.3 Å². The Morgan fingerprint density at radius 1 is 1.26 bits per heavy atom. The average Bonchev–Trinajstić information content (AvgIpc) is 2.68. The van der Waals surface area contributed by atoms with Gasteiger partial charge in [-0.15, -0.1) is 0 Å². The van der Waals surface area contributed by atoms with E-state index in [9.17, 15) is 0 Å². The molecule has 0 aliphatic heterocycles. The summed E-state index contributed by atoms with van der Waals surface area (Å²) in [6, 6.07) is 8.13. The van der Waals surface area contributed by atoms with E-state index < -0.39 is 0 Å². The van der Waals surface area contributed by atoms with Crippen LogP contribution >= 0.6 is 0 Å². The van der Waals surface area contributed by atoms with Gasteiger partial charge in [-0.25, -0.2) is 9.67 Å². The molecule has 0 bridgehead atoms. The highest BCUT2D eigenvalue weighted by atomic mass is 15.3. The lowest BCUT2D eigenvalue weighted by Gasteiger charge is -2.09. The molecule has 0 spiro atoms. The molecule has 2 aromatic heterocycles. The Hall–Kier alpha value is -1.68. The summed E-state index contributed by atoms with van der Waals surface area (Å²) in [7, 11) is 0. The van der Waals surface area contributed by atoms with E-state index in [1.807, 2.05) is 36.7 Å². The minimum absolute atomic E-state index is 0.652. The standard InChI is InChI=1S/C15H22N4/c1-11(2)9-16-10-14-6-5-7-15(17-14)19-13(4)8-12(3)18-19/h5-8,11,16H,9-10H2,1-4H3. The first-order valence-electron chi connectivity index (χ1n) is 6.76. The zero-order valence-electron chi connectivity index (χ0n) is 12.1. The highest BCUT2D eigenvalue weighted by Crippen LogP contribution is 2.10. The highest BCUT2D eigenvalue weighted by molar-refractivity contribution is 5.27. The molecule has 0 aromatic carbocycles. The Balaban J connectivity index is 2.13. The smallest absolute Gasteiger partial charge is 0.153 e. The van der Waals surface area contributed by atoms with Gasteiger partial charge in [0.05, 0.1) is 11.4 Å². The summed E-state index contributed by atoms with van der Waals surface area (Å²) in [5.74, 6) is 1.54. The van der Waals surface area contributed by atoms with Crippen LogP contribution in [-0.2, 0) is 6.54 Å². The van der Waals surface area contributed by atoms with E-state index in [2.05, 4.69) is 35.3 Å². The molecule has 2 rings (SSSR count). The Morgan fingerprint density at radius 2 is 2.05 bits per heavy atom. The van der Waals surface area contributed by atoms with E-state index in [1.165, 1.54) is 0 Å². The lowest BCUT2D eigenvalue weighted by Crippen LogP contribution is -2.20. The van der Waals surface area contributed by atoms with Crippen molar-refractivity contribution in [2.24, 2.45) is 5.92 Å². The van der Waals surface area contributed by atoms with Gasteiger partial charge < -0.3 is 5.32 Å². The first-order valence-corrected chi connectivity index (χ1v) is 6.76. The lowest BCUT2D eigenvalue weighted by atomic mass is 10.2. The molecular formula is C15H22N4. The van der Waals surface area contributed by atoms with Crippen molar-refractivity contribution >= 4 is 0 Å². The van der Waals surface area contributed by atoms with Crippen molar-refractivity contribution in [2.45, 2.75) is 34.2 Å². The van der Waals surface area contributed by atoms with E-state index in [0.29, 0.717) is 5.92 Å². The molecule has 0 unspecified atom stereocenters. The number of aryl methyl sites for hydroxylation is 2. The predicted octanol–water partition coefficient (Wildman–Crippen LogP) is 2.63. The number of pyridine rings is 1. The zero-order chi connectivity index (χ0) is 13.8. The Labute approximate surface area is 114 Å². The molecule has 0 saturated carbocycles. The second-order valence-electron chi connectivity index (χ2n) is 5.35. The van der Waals surface area contributed by atoms with Gasteiger partial charge >= 0.3 is 0 Å². The maximum atomic E-state index is 4.65. The molecule has 0 saturated heterocycles. The third-order valence-electron chi connectivity index (χ3n) is 2.88. The molecule has 0 aliphatic rings. The maximum absolute atomic E-state index is 4.65. The van der Waals surface area contributed by atoms with Crippen molar-refractivity contribution in [1.82, 2.24) is 20.1 Å². The normalized spacial score (nSPS) is 11.2. The van der Waals surface area contributed by atoms with Crippen LogP contribution < -0.4 is 5.32 Å². The number of rotatable bonds is 5. The van der Waals surface area contributed by atoms with Crippen molar-refractivity contribution in [3.8, 4) is 5.82 Å². The summed E-state index contributed by atoms with van der Waals surface area (Å²) in [6.07, 6.45) is 0. The van der Waals surface area contributed by atoms with Gasteiger partial charge in [0.15, 0.2) is 5.82 Å². The number of hydrogen-bond donors (Lipinski definition) is 1. The summed E-state index contributed by atoms with van der Waals surface area (Å²) < 4.78 is 1.89. The van der Waals surface area contributed by atoms with Gasteiger partial charge in [-0.1, -0.05) is 19.9 Å². The third-order valence-corrected chi connectivity index (χ3v) is 2.88. The van der Waals surface area contributed by atoms with Crippen LogP contribution in [0.5, 0.6) is 0 Å². The fourth-order valence-corrected chi connectivity index (χ4v) is 2.03. The minimum atomic E-state index is 0.652. The van der Waals surface area contributed by atoms with Gasteiger partial charge in [-0.3, -0.25) is 0 Å². The lowest BCUT2D eigenvalue weighted by molar-refractivity contribution is 0.547. The van der Waals surface area contributed by atoms with E-state index >= 15 is 0 Å². The molecule has 2 aromatic rings. The van der Waals surface area contributed by atoms with Gasteiger partial charge in [-0.05, 0) is 44.5 Å². The molecule has 19 heavy (non-hydrogen) atoms. The molecule has 2 heterocycles. The van der Waals surface area contributed by atoms with Crippen LogP contribution in [0.3, 0.4) is 0 Å². The third kappa shape index (κ3) is 3.64. The van der Waals surface area contributed by atoms with Crippen LogP contribution in [-0.4, -0.2) is 21.3 Å². The van der Waals surface area contributed by atoms with Gasteiger partial charge in [0.1, 0.15) is 0 Å². The van der Waals surface area contributed by atoms with E-state index in [0.717, 1.165) is 36.0 Å². The SMILES string of the molecule is Cc1cc(C)n(-c2cccc(CNCC(C)C)n2)n1. The number of hydrogen-bond acceptors (Lipinski definition) is 3. The summed E-state index contributed by atoms with van der Waals surface area (Å²) in [5, 5.41) is 7.87. The van der Waals surface area contributed by atoms with Crippen LogP contribution in [0.1, 0.15) is 30.9 Å². The maximum Gasteiger partial charge on any atom is 0.153 e. The summed E-state index contributed by atoms with van der Waals surface area (Å²) in [4.78, 5) is 4.65. The predicted molar refractivity (Wildman–Crippen MR) is 77.4 cm³/mol. The van der Waals surface area contributed by atoms with E-state index in [4.69, 9.17) is 0 Å². The molecule has 1 N–H and O–H groups in total. The first kappa shape index (κ1) is 13.7. The van der Waals surface area contributed by atoms with Crippen LogP contribution in [0, 0.1) is 19.8 Å². The van der Waals surface area contributed by atoms with E-state index in [-0.39, 0.29) is 0 Å². The fraction of sp³-hybridized carbons (Fsp3) is 0.467. The van der Waals surface area contributed by atoms with Crippen LogP contribution in [0.25, 0.3) is 5.82 Å². The summed E-state index contributed by atoms with van der Waals surface area (Å²) in [5.41, 5.74) is 3.17. The second-order valence-corrected chi connectivity index (χ2v) is 5.35. The van der Waals surface area contributed by atoms with Gasteiger partial charge in [-0.2, -0.15) is 5.10 Å². The molecule has 0 radical (unpaired) electrons. The molecule has 0 aliphatic carbocycles. The van der Waals surface area contributed by atoms with Crippen molar-refractivity contribution in [3.63, 3.8) is 0 Å². The summed E-state index contributed by atoms with van der Waals surface area (Å²) >= 11 is 0. The Morgan fingerprint density at radius 3 is 2.68 bits per heavy atom. The average molecular weight is 258 g/mol. The topological polar surface area (TPSA) is 42.7 Å².